The number of nitrogens with one attached hydrogen (secondary N) is 1. The van der Waals surface area contributed by atoms with Crippen LogP contribution in [0.2, 0.25) is 0 Å². The van der Waals surface area contributed by atoms with Crippen molar-refractivity contribution in [2.75, 3.05) is 25.2 Å². The lowest BCUT2D eigenvalue weighted by molar-refractivity contribution is -0.134. The molecule has 1 aromatic carbocycles. The molecule has 0 aromatic heterocycles. The number of hydrogen-bond acceptors (Lipinski definition) is 4. The van der Waals surface area contributed by atoms with Gasteiger partial charge in [0.2, 0.25) is 18.6 Å². The maximum Gasteiger partial charge on any atom is 0.233 e. The van der Waals surface area contributed by atoms with Crippen LogP contribution in [0.5, 0.6) is 11.5 Å². The Hall–Kier alpha value is -2.24. The maximum absolute atomic E-state index is 12.1. The summed E-state index contributed by atoms with van der Waals surface area (Å²) in [5.41, 5.74) is 0.597. The van der Waals surface area contributed by atoms with E-state index in [2.05, 4.69) is 5.32 Å². The van der Waals surface area contributed by atoms with Gasteiger partial charge in [0, 0.05) is 24.8 Å². The number of carbonyl (C=O) groups excluding carboxylic acids is 2. The van der Waals surface area contributed by atoms with Gasteiger partial charge in [-0.2, -0.15) is 0 Å². The summed E-state index contributed by atoms with van der Waals surface area (Å²) < 4.78 is 10.5. The molecule has 1 aromatic rings. The zero-order chi connectivity index (χ0) is 15.9. The quantitative estimate of drug-likeness (QED) is 0.785. The van der Waals surface area contributed by atoms with Crippen LogP contribution in [0.15, 0.2) is 18.2 Å². The monoisotopic (exact) mass is 306 g/mol. The highest BCUT2D eigenvalue weighted by atomic mass is 16.7. The molecule has 1 aliphatic rings. The summed E-state index contributed by atoms with van der Waals surface area (Å²) in [4.78, 5) is 25.9. The number of benzene rings is 1. The van der Waals surface area contributed by atoms with Gasteiger partial charge in [-0.05, 0) is 25.0 Å². The Morgan fingerprint density at radius 3 is 2.50 bits per heavy atom. The van der Waals surface area contributed by atoms with Crippen LogP contribution in [-0.4, -0.2) is 36.6 Å². The first-order chi connectivity index (χ1) is 10.6. The van der Waals surface area contributed by atoms with Crippen LogP contribution in [0.3, 0.4) is 0 Å². The summed E-state index contributed by atoms with van der Waals surface area (Å²) >= 11 is 0. The van der Waals surface area contributed by atoms with E-state index in [1.807, 2.05) is 13.8 Å². The van der Waals surface area contributed by atoms with Crippen LogP contribution in [0.25, 0.3) is 0 Å². The number of amides is 2. The lowest BCUT2D eigenvalue weighted by Gasteiger charge is -2.21. The van der Waals surface area contributed by atoms with Gasteiger partial charge in [-0.3, -0.25) is 9.59 Å². The summed E-state index contributed by atoms with van der Waals surface area (Å²) in [7, 11) is 0. The molecule has 0 saturated carbocycles. The van der Waals surface area contributed by atoms with Gasteiger partial charge in [0.05, 0.1) is 0 Å². The number of hydrogen-bond donors (Lipinski definition) is 1. The highest BCUT2D eigenvalue weighted by Crippen LogP contribution is 2.34. The second kappa shape index (κ2) is 7.68. The average molecular weight is 306 g/mol. The Morgan fingerprint density at radius 2 is 1.82 bits per heavy atom. The molecule has 0 fully saturated rings. The number of anilines is 1. The molecule has 1 N–H and O–H groups in total. The van der Waals surface area contributed by atoms with Crippen molar-refractivity contribution in [2.24, 2.45) is 0 Å². The summed E-state index contributed by atoms with van der Waals surface area (Å²) in [6.45, 7) is 5.59. The van der Waals surface area contributed by atoms with Crippen LogP contribution in [0.4, 0.5) is 5.69 Å². The molecule has 0 bridgehead atoms. The van der Waals surface area contributed by atoms with Crippen molar-refractivity contribution in [3.8, 4) is 11.5 Å². The van der Waals surface area contributed by atoms with Gasteiger partial charge in [-0.25, -0.2) is 0 Å². The topological polar surface area (TPSA) is 67.9 Å². The van der Waals surface area contributed by atoms with E-state index in [0.29, 0.717) is 30.3 Å². The van der Waals surface area contributed by atoms with Crippen molar-refractivity contribution < 1.29 is 19.1 Å². The van der Waals surface area contributed by atoms with E-state index in [1.165, 1.54) is 0 Å². The van der Waals surface area contributed by atoms with E-state index in [0.717, 1.165) is 12.8 Å². The fourth-order valence-corrected chi connectivity index (χ4v) is 2.33. The van der Waals surface area contributed by atoms with Crippen LogP contribution in [0.1, 0.15) is 33.1 Å². The van der Waals surface area contributed by atoms with Crippen molar-refractivity contribution in [2.45, 2.75) is 33.1 Å². The first-order valence-electron chi connectivity index (χ1n) is 7.61. The molecule has 0 spiro atoms. The van der Waals surface area contributed by atoms with Crippen molar-refractivity contribution in [1.29, 1.82) is 0 Å². The normalized spacial score (nSPS) is 12.1. The predicted octanol–water partition coefficient (Wildman–Crippen LogP) is 2.39. The van der Waals surface area contributed by atoms with Crippen LogP contribution < -0.4 is 14.8 Å². The SMILES string of the molecule is CCCN(CCC)C(=O)CC(=O)Nc1ccc2c(c1)OCO2. The molecule has 0 radical (unpaired) electrons. The number of carbonyl (C=O) groups is 2. The molecule has 0 saturated heterocycles. The Labute approximate surface area is 130 Å². The number of nitrogens with zero attached hydrogens (tertiary/aromatic N) is 1. The molecular weight excluding hydrogens is 284 g/mol. The molecule has 0 atom stereocenters. The molecule has 2 rings (SSSR count). The van der Waals surface area contributed by atoms with Gasteiger partial charge in [-0.15, -0.1) is 0 Å². The molecule has 2 amide bonds. The summed E-state index contributed by atoms with van der Waals surface area (Å²) in [6.07, 6.45) is 1.62. The van der Waals surface area contributed by atoms with Gasteiger partial charge in [-0.1, -0.05) is 13.8 Å². The first-order valence-corrected chi connectivity index (χ1v) is 7.61. The van der Waals surface area contributed by atoms with Gasteiger partial charge in [0.15, 0.2) is 11.5 Å². The number of fused-ring (bicyclic) bond motifs is 1. The second-order valence-corrected chi connectivity index (χ2v) is 5.17. The van der Waals surface area contributed by atoms with E-state index < -0.39 is 0 Å². The Morgan fingerprint density at radius 1 is 1.14 bits per heavy atom. The average Bonchev–Trinajstić information content (AvgIpc) is 2.94. The highest BCUT2D eigenvalue weighted by molar-refractivity contribution is 6.03. The maximum atomic E-state index is 12.1. The van der Waals surface area contributed by atoms with E-state index in [4.69, 9.17) is 9.47 Å². The molecular formula is C16H22N2O4. The number of rotatable bonds is 7. The van der Waals surface area contributed by atoms with Gasteiger partial charge in [0.25, 0.3) is 0 Å². The van der Waals surface area contributed by atoms with Crippen molar-refractivity contribution in [3.63, 3.8) is 0 Å². The van der Waals surface area contributed by atoms with Crippen molar-refractivity contribution in [3.05, 3.63) is 18.2 Å². The lowest BCUT2D eigenvalue weighted by atomic mass is 10.2. The Kier molecular flexibility index (Phi) is 5.63. The molecule has 6 heteroatoms. The fraction of sp³-hybridized carbons (Fsp3) is 0.500. The van der Waals surface area contributed by atoms with Gasteiger partial charge < -0.3 is 19.7 Å². The molecule has 0 aliphatic carbocycles. The third-order valence-corrected chi connectivity index (χ3v) is 3.31. The minimum Gasteiger partial charge on any atom is -0.454 e. The summed E-state index contributed by atoms with van der Waals surface area (Å²) in [5.74, 6) is 0.803. The van der Waals surface area contributed by atoms with Crippen LogP contribution in [-0.2, 0) is 9.59 Å². The zero-order valence-corrected chi connectivity index (χ0v) is 13.1. The van der Waals surface area contributed by atoms with E-state index >= 15 is 0 Å². The molecule has 1 heterocycles. The minimum absolute atomic E-state index is 0.137. The zero-order valence-electron chi connectivity index (χ0n) is 13.1. The Bertz CT molecular complexity index is 539. The molecule has 6 nitrogen and oxygen atoms in total. The standard InChI is InChI=1S/C16H22N2O4/c1-3-7-18(8-4-2)16(20)10-15(19)17-12-5-6-13-14(9-12)22-11-21-13/h5-6,9H,3-4,7-8,10-11H2,1-2H3,(H,17,19). The summed E-state index contributed by atoms with van der Waals surface area (Å²) in [5, 5.41) is 2.72. The lowest BCUT2D eigenvalue weighted by Crippen LogP contribution is -2.35. The third kappa shape index (κ3) is 4.13. The Balaban J connectivity index is 1.90. The largest absolute Gasteiger partial charge is 0.454 e. The van der Waals surface area contributed by atoms with E-state index in [9.17, 15) is 9.59 Å². The minimum atomic E-state index is -0.318. The molecule has 1 aliphatic heterocycles. The molecule has 22 heavy (non-hydrogen) atoms. The van der Waals surface area contributed by atoms with Crippen LogP contribution >= 0.6 is 0 Å². The smallest absolute Gasteiger partial charge is 0.233 e. The van der Waals surface area contributed by atoms with Gasteiger partial charge in [0.1, 0.15) is 6.42 Å². The molecule has 120 valence electrons. The second-order valence-electron chi connectivity index (χ2n) is 5.17. The van der Waals surface area contributed by atoms with Gasteiger partial charge >= 0.3 is 0 Å². The number of ether oxygens (including phenoxy) is 2. The highest BCUT2D eigenvalue weighted by Gasteiger charge is 2.18. The van der Waals surface area contributed by atoms with E-state index in [-0.39, 0.29) is 25.0 Å². The first kappa shape index (κ1) is 16.1. The summed E-state index contributed by atoms with van der Waals surface area (Å²) in [6, 6.07) is 5.16. The van der Waals surface area contributed by atoms with E-state index in [1.54, 1.807) is 23.1 Å². The third-order valence-electron chi connectivity index (χ3n) is 3.31. The molecule has 0 unspecified atom stereocenters. The predicted molar refractivity (Wildman–Crippen MR) is 83.0 cm³/mol. The fourth-order valence-electron chi connectivity index (χ4n) is 2.33. The van der Waals surface area contributed by atoms with Crippen LogP contribution in [0, 0.1) is 0 Å². The van der Waals surface area contributed by atoms with Crippen molar-refractivity contribution >= 4 is 17.5 Å². The van der Waals surface area contributed by atoms with Crippen molar-refractivity contribution in [1.82, 2.24) is 4.90 Å².